The molecule has 1 saturated heterocycles. The summed E-state index contributed by atoms with van der Waals surface area (Å²) in [4.78, 5) is 10.8. The van der Waals surface area contributed by atoms with Gasteiger partial charge in [-0.25, -0.2) is 9.18 Å². The minimum absolute atomic E-state index is 0.218. The third-order valence-electron chi connectivity index (χ3n) is 4.19. The van der Waals surface area contributed by atoms with Crippen LogP contribution in [0.2, 0.25) is 0 Å². The van der Waals surface area contributed by atoms with E-state index in [0.29, 0.717) is 0 Å². The van der Waals surface area contributed by atoms with Gasteiger partial charge in [0.25, 0.3) is 0 Å². The molecule has 1 heterocycles. The van der Waals surface area contributed by atoms with Crippen LogP contribution in [-0.2, 0) is 14.1 Å². The number of halogens is 2. The molecule has 0 spiro atoms. The van der Waals surface area contributed by atoms with E-state index >= 15 is 0 Å². The number of aliphatic carboxylic acids is 1. The first kappa shape index (κ1) is 17.7. The van der Waals surface area contributed by atoms with Crippen molar-refractivity contribution in [2.24, 2.45) is 0 Å². The minimum atomic E-state index is -1.32. The third-order valence-corrected chi connectivity index (χ3v) is 4.19. The summed E-state index contributed by atoms with van der Waals surface area (Å²) in [6, 6.07) is 2.15. The van der Waals surface area contributed by atoms with Crippen molar-refractivity contribution in [3.05, 3.63) is 23.8 Å². The van der Waals surface area contributed by atoms with Crippen molar-refractivity contribution in [2.45, 2.75) is 51.9 Å². The summed E-state index contributed by atoms with van der Waals surface area (Å²) in [5.41, 5.74) is -1.06. The van der Waals surface area contributed by atoms with Gasteiger partial charge in [0.15, 0.2) is 17.7 Å². The minimum Gasteiger partial charge on any atom is -0.479 e. The van der Waals surface area contributed by atoms with Gasteiger partial charge < -0.3 is 19.2 Å². The molecule has 1 aromatic carbocycles. The van der Waals surface area contributed by atoms with Crippen LogP contribution in [0.1, 0.15) is 34.6 Å². The molecule has 1 N–H and O–H groups in total. The van der Waals surface area contributed by atoms with E-state index in [4.69, 9.17) is 19.2 Å². The first-order valence-electron chi connectivity index (χ1n) is 7.18. The lowest BCUT2D eigenvalue weighted by Crippen LogP contribution is -2.41. The van der Waals surface area contributed by atoms with E-state index in [0.717, 1.165) is 6.07 Å². The lowest BCUT2D eigenvalue weighted by atomic mass is 9.79. The summed E-state index contributed by atoms with van der Waals surface area (Å²) in [6.07, 6.45) is -1.32. The van der Waals surface area contributed by atoms with Crippen LogP contribution < -0.4 is 10.2 Å². The highest BCUT2D eigenvalue weighted by Gasteiger charge is 2.52. The third kappa shape index (κ3) is 3.33. The Labute approximate surface area is 133 Å². The summed E-state index contributed by atoms with van der Waals surface area (Å²) in [5, 5.41) is 8.83. The fourth-order valence-corrected chi connectivity index (χ4v) is 2.03. The lowest BCUT2D eigenvalue weighted by Gasteiger charge is -2.32. The van der Waals surface area contributed by atoms with Gasteiger partial charge in [0, 0.05) is 0 Å². The summed E-state index contributed by atoms with van der Waals surface area (Å²) in [7, 11) is -0.905. The van der Waals surface area contributed by atoms with Gasteiger partial charge in [-0.15, -0.1) is 0 Å². The average Bonchev–Trinajstić information content (AvgIpc) is 2.63. The summed E-state index contributed by atoms with van der Waals surface area (Å²) in [5.74, 6) is -4.20. The summed E-state index contributed by atoms with van der Waals surface area (Å²) in [6.45, 7) is 8.54. The van der Waals surface area contributed by atoms with Crippen molar-refractivity contribution in [2.75, 3.05) is 0 Å². The van der Waals surface area contributed by atoms with Crippen molar-refractivity contribution < 1.29 is 32.7 Å². The Morgan fingerprint density at radius 3 is 2.22 bits per heavy atom. The predicted molar refractivity (Wildman–Crippen MR) is 79.8 cm³/mol. The van der Waals surface area contributed by atoms with Gasteiger partial charge in [-0.05, 0) is 52.2 Å². The maximum absolute atomic E-state index is 13.8. The maximum atomic E-state index is 13.8. The van der Waals surface area contributed by atoms with Crippen molar-refractivity contribution in [1.82, 2.24) is 0 Å². The number of benzene rings is 1. The largest absolute Gasteiger partial charge is 0.495 e. The number of carbonyl (C=O) groups is 1. The second kappa shape index (κ2) is 5.76. The van der Waals surface area contributed by atoms with E-state index in [1.165, 1.54) is 13.0 Å². The fraction of sp³-hybridized carbons (Fsp3) is 0.533. The molecule has 5 nitrogen and oxygen atoms in total. The summed E-state index contributed by atoms with van der Waals surface area (Å²) < 4.78 is 44.1. The second-order valence-corrected chi connectivity index (χ2v) is 6.50. The Hall–Kier alpha value is -1.67. The molecule has 0 aromatic heterocycles. The highest BCUT2D eigenvalue weighted by atomic mass is 19.2. The van der Waals surface area contributed by atoms with Crippen LogP contribution in [0.3, 0.4) is 0 Å². The van der Waals surface area contributed by atoms with Gasteiger partial charge in [0.1, 0.15) is 0 Å². The molecule has 1 aromatic rings. The number of carboxylic acid groups (broad SMARTS) is 1. The standard InChI is InChI=1S/C15H19BF2O5/c1-8(13(19)20)21-11-7-9(6-10(17)12(11)18)16-22-14(2,3)15(4,5)23-16/h6-8H,1-5H3,(H,19,20)/t8-/m1/s1. The molecule has 8 heteroatoms. The fourth-order valence-electron chi connectivity index (χ4n) is 2.03. The smallest absolute Gasteiger partial charge is 0.479 e. The van der Waals surface area contributed by atoms with Crippen LogP contribution in [0, 0.1) is 11.6 Å². The Balaban J connectivity index is 2.35. The average molecular weight is 328 g/mol. The highest BCUT2D eigenvalue weighted by molar-refractivity contribution is 6.62. The van der Waals surface area contributed by atoms with Crippen molar-refractivity contribution in [3.8, 4) is 5.75 Å². The van der Waals surface area contributed by atoms with Gasteiger partial charge in [-0.2, -0.15) is 4.39 Å². The van der Waals surface area contributed by atoms with Crippen LogP contribution in [0.25, 0.3) is 0 Å². The predicted octanol–water partition coefficient (Wildman–Crippen LogP) is 2.12. The Morgan fingerprint density at radius 1 is 1.22 bits per heavy atom. The topological polar surface area (TPSA) is 65.0 Å². The van der Waals surface area contributed by atoms with Crippen LogP contribution in [0.4, 0.5) is 8.78 Å². The molecule has 0 saturated carbocycles. The maximum Gasteiger partial charge on any atom is 0.495 e. The first-order valence-corrected chi connectivity index (χ1v) is 7.18. The molecule has 1 aliphatic rings. The molecule has 1 atom stereocenters. The molecule has 0 amide bonds. The zero-order valence-electron chi connectivity index (χ0n) is 13.6. The van der Waals surface area contributed by atoms with E-state index in [1.807, 2.05) is 27.7 Å². The number of ether oxygens (including phenoxy) is 1. The van der Waals surface area contributed by atoms with Gasteiger partial charge in [0.05, 0.1) is 11.2 Å². The Morgan fingerprint density at radius 2 is 1.74 bits per heavy atom. The molecule has 0 unspecified atom stereocenters. The van der Waals surface area contributed by atoms with E-state index in [2.05, 4.69) is 0 Å². The van der Waals surface area contributed by atoms with Gasteiger partial charge in [-0.3, -0.25) is 0 Å². The zero-order chi connectivity index (χ0) is 17.6. The molecule has 1 aliphatic heterocycles. The van der Waals surface area contributed by atoms with E-state index in [9.17, 15) is 13.6 Å². The van der Waals surface area contributed by atoms with Crippen molar-refractivity contribution in [3.63, 3.8) is 0 Å². The van der Waals surface area contributed by atoms with Crippen molar-refractivity contribution >= 4 is 18.6 Å². The van der Waals surface area contributed by atoms with Crippen LogP contribution in [-0.4, -0.2) is 35.5 Å². The highest BCUT2D eigenvalue weighted by Crippen LogP contribution is 2.36. The number of hydrogen-bond acceptors (Lipinski definition) is 4. The normalized spacial score (nSPS) is 20.4. The van der Waals surface area contributed by atoms with Crippen LogP contribution in [0.15, 0.2) is 12.1 Å². The number of hydrogen-bond donors (Lipinski definition) is 1. The van der Waals surface area contributed by atoms with Crippen LogP contribution >= 0.6 is 0 Å². The van der Waals surface area contributed by atoms with Crippen molar-refractivity contribution in [1.29, 1.82) is 0 Å². The zero-order valence-corrected chi connectivity index (χ0v) is 13.6. The molecule has 0 aliphatic carbocycles. The Bertz CT molecular complexity index is 617. The first-order chi connectivity index (χ1) is 10.4. The molecule has 1 fully saturated rings. The van der Waals surface area contributed by atoms with E-state index < -0.39 is 47.8 Å². The lowest BCUT2D eigenvalue weighted by molar-refractivity contribution is -0.144. The molecule has 126 valence electrons. The molecule has 23 heavy (non-hydrogen) atoms. The molecular formula is C15H19BF2O5. The van der Waals surface area contributed by atoms with E-state index in [-0.39, 0.29) is 5.46 Å². The number of rotatable bonds is 4. The molecule has 2 rings (SSSR count). The molecular weight excluding hydrogens is 309 g/mol. The molecule has 0 bridgehead atoms. The molecule has 0 radical (unpaired) electrons. The summed E-state index contributed by atoms with van der Waals surface area (Å²) >= 11 is 0. The van der Waals surface area contributed by atoms with Gasteiger partial charge >= 0.3 is 13.1 Å². The van der Waals surface area contributed by atoms with E-state index in [1.54, 1.807) is 0 Å². The second-order valence-electron chi connectivity index (χ2n) is 6.50. The van der Waals surface area contributed by atoms with Crippen LogP contribution in [0.5, 0.6) is 5.75 Å². The number of carboxylic acids is 1. The monoisotopic (exact) mass is 328 g/mol. The van der Waals surface area contributed by atoms with Gasteiger partial charge in [-0.1, -0.05) is 0 Å². The Kier molecular flexibility index (Phi) is 4.43. The quantitative estimate of drug-likeness (QED) is 0.858. The van der Waals surface area contributed by atoms with Gasteiger partial charge in [0.2, 0.25) is 5.82 Å². The SMILES string of the molecule is C[C@@H](Oc1cc(B2OC(C)(C)C(C)(C)O2)cc(F)c1F)C(=O)O.